The minimum atomic E-state index is -0.270. The van der Waals surface area contributed by atoms with Crippen LogP contribution in [0.1, 0.15) is 43.0 Å². The Morgan fingerprint density at radius 2 is 2.11 bits per heavy atom. The van der Waals surface area contributed by atoms with E-state index in [1.165, 1.54) is 11.8 Å². The summed E-state index contributed by atoms with van der Waals surface area (Å²) in [5.74, 6) is -0.347. The average molecular weight is 389 g/mol. The fourth-order valence-corrected chi connectivity index (χ4v) is 3.30. The van der Waals surface area contributed by atoms with Gasteiger partial charge in [-0.05, 0) is 31.4 Å². The molecule has 2 amide bonds. The summed E-state index contributed by atoms with van der Waals surface area (Å²) in [5.41, 5.74) is 0.655. The molecule has 3 N–H and O–H groups in total. The Morgan fingerprint density at radius 3 is 2.85 bits per heavy atom. The van der Waals surface area contributed by atoms with Gasteiger partial charge >= 0.3 is 5.69 Å². The summed E-state index contributed by atoms with van der Waals surface area (Å²) in [6, 6.07) is 7.18. The van der Waals surface area contributed by atoms with Crippen LogP contribution in [0, 0.1) is 0 Å². The van der Waals surface area contributed by atoms with Gasteiger partial charge in [0.05, 0.1) is 17.0 Å². The Bertz CT molecular complexity index is 872. The number of para-hydroxylation sites is 1. The van der Waals surface area contributed by atoms with Crippen molar-refractivity contribution in [2.45, 2.75) is 50.4 Å². The summed E-state index contributed by atoms with van der Waals surface area (Å²) in [6.45, 7) is 2.61. The first-order valence-electron chi connectivity index (χ1n) is 9.06. The molecule has 0 bridgehead atoms. The zero-order valence-corrected chi connectivity index (χ0v) is 16.0. The summed E-state index contributed by atoms with van der Waals surface area (Å²) in [6.07, 6.45) is 3.82. The number of amides is 2. The molecule has 2 aromatic rings. The zero-order valence-electron chi connectivity index (χ0n) is 15.2. The van der Waals surface area contributed by atoms with Crippen LogP contribution in [0.25, 0.3) is 0 Å². The van der Waals surface area contributed by atoms with Crippen molar-refractivity contribution in [1.29, 1.82) is 0 Å². The van der Waals surface area contributed by atoms with Crippen molar-refractivity contribution in [3.63, 3.8) is 0 Å². The number of carbonyl (C=O) groups is 2. The van der Waals surface area contributed by atoms with Crippen molar-refractivity contribution in [3.05, 3.63) is 40.3 Å². The van der Waals surface area contributed by atoms with Crippen molar-refractivity contribution in [1.82, 2.24) is 20.1 Å². The van der Waals surface area contributed by atoms with Gasteiger partial charge in [-0.3, -0.25) is 14.2 Å². The molecule has 1 aromatic carbocycles. The van der Waals surface area contributed by atoms with Crippen molar-refractivity contribution in [3.8, 4) is 0 Å². The van der Waals surface area contributed by atoms with E-state index in [0.717, 1.165) is 25.7 Å². The van der Waals surface area contributed by atoms with E-state index in [4.69, 9.17) is 0 Å². The monoisotopic (exact) mass is 389 g/mol. The van der Waals surface area contributed by atoms with Crippen LogP contribution in [0.2, 0.25) is 0 Å². The third kappa shape index (κ3) is 5.22. The molecule has 1 fully saturated rings. The normalized spacial score (nSPS) is 13.4. The number of hydrogen-bond donors (Lipinski definition) is 3. The quantitative estimate of drug-likeness (QED) is 0.568. The number of anilines is 1. The number of benzene rings is 1. The van der Waals surface area contributed by atoms with Crippen LogP contribution in [0.15, 0.2) is 34.2 Å². The number of aromatic amines is 1. The SMILES string of the molecule is CCCCn1c(SCC(=O)Nc2ccccc2C(=O)NC2CC2)n[nH]c1=O. The van der Waals surface area contributed by atoms with E-state index in [0.29, 0.717) is 23.0 Å². The van der Waals surface area contributed by atoms with Gasteiger partial charge in [-0.2, -0.15) is 0 Å². The highest BCUT2D eigenvalue weighted by Gasteiger charge is 2.25. The lowest BCUT2D eigenvalue weighted by Crippen LogP contribution is -2.27. The fourth-order valence-electron chi connectivity index (χ4n) is 2.52. The van der Waals surface area contributed by atoms with Gasteiger partial charge in [-0.1, -0.05) is 37.2 Å². The Balaban J connectivity index is 1.60. The second-order valence-corrected chi connectivity index (χ2v) is 7.39. The number of unbranched alkanes of at least 4 members (excludes halogenated alkanes) is 1. The van der Waals surface area contributed by atoms with Gasteiger partial charge in [-0.15, -0.1) is 5.10 Å². The largest absolute Gasteiger partial charge is 0.349 e. The molecule has 0 radical (unpaired) electrons. The van der Waals surface area contributed by atoms with Gasteiger partial charge in [0, 0.05) is 12.6 Å². The van der Waals surface area contributed by atoms with Crippen LogP contribution in [0.5, 0.6) is 0 Å². The third-order valence-electron chi connectivity index (χ3n) is 4.15. The lowest BCUT2D eigenvalue weighted by molar-refractivity contribution is -0.113. The van der Waals surface area contributed by atoms with E-state index < -0.39 is 0 Å². The van der Waals surface area contributed by atoms with Crippen LogP contribution in [-0.2, 0) is 11.3 Å². The number of H-pyrrole nitrogens is 1. The molecule has 1 aromatic heterocycles. The first-order valence-corrected chi connectivity index (χ1v) is 10.0. The summed E-state index contributed by atoms with van der Waals surface area (Å²) >= 11 is 1.19. The molecule has 0 unspecified atom stereocenters. The first-order chi connectivity index (χ1) is 13.1. The van der Waals surface area contributed by atoms with Crippen LogP contribution in [0.3, 0.4) is 0 Å². The molecular weight excluding hydrogens is 366 g/mol. The lowest BCUT2D eigenvalue weighted by Gasteiger charge is -2.11. The summed E-state index contributed by atoms with van der Waals surface area (Å²) in [7, 11) is 0. The number of aromatic nitrogens is 3. The maximum atomic E-state index is 12.3. The topological polar surface area (TPSA) is 109 Å². The molecule has 1 saturated carbocycles. The summed E-state index contributed by atoms with van der Waals surface area (Å²) in [5, 5.41) is 12.6. The van der Waals surface area contributed by atoms with Crippen LogP contribution >= 0.6 is 11.8 Å². The maximum absolute atomic E-state index is 12.3. The van der Waals surface area contributed by atoms with E-state index in [1.54, 1.807) is 28.8 Å². The minimum Gasteiger partial charge on any atom is -0.349 e. The molecule has 1 aliphatic carbocycles. The van der Waals surface area contributed by atoms with E-state index in [2.05, 4.69) is 20.8 Å². The molecule has 1 heterocycles. The number of nitrogens with one attached hydrogen (secondary N) is 3. The van der Waals surface area contributed by atoms with Gasteiger partial charge in [0.1, 0.15) is 0 Å². The van der Waals surface area contributed by atoms with Gasteiger partial charge in [0.25, 0.3) is 5.91 Å². The van der Waals surface area contributed by atoms with E-state index in [9.17, 15) is 14.4 Å². The summed E-state index contributed by atoms with van der Waals surface area (Å²) in [4.78, 5) is 36.4. The molecule has 0 aliphatic heterocycles. The number of hydrogen-bond acceptors (Lipinski definition) is 5. The van der Waals surface area contributed by atoms with E-state index in [-0.39, 0.29) is 29.3 Å². The molecule has 8 nitrogen and oxygen atoms in total. The molecule has 0 atom stereocenters. The second-order valence-electron chi connectivity index (χ2n) is 6.45. The summed E-state index contributed by atoms with van der Waals surface area (Å²) < 4.78 is 1.54. The van der Waals surface area contributed by atoms with Crippen molar-refractivity contribution in [2.75, 3.05) is 11.1 Å². The smallest absolute Gasteiger partial charge is 0.343 e. The Hall–Kier alpha value is -2.55. The van der Waals surface area contributed by atoms with E-state index in [1.807, 2.05) is 6.92 Å². The van der Waals surface area contributed by atoms with Crippen LogP contribution in [0.4, 0.5) is 5.69 Å². The number of thioether (sulfide) groups is 1. The Kier molecular flexibility index (Phi) is 6.33. The van der Waals surface area contributed by atoms with Crippen LogP contribution in [-0.4, -0.2) is 38.4 Å². The van der Waals surface area contributed by atoms with Crippen molar-refractivity contribution < 1.29 is 9.59 Å². The standard InChI is InChI=1S/C18H23N5O3S/c1-2-3-10-23-17(26)21-22-18(23)27-11-15(24)20-14-7-5-4-6-13(14)16(25)19-12-8-9-12/h4-7,12H,2-3,8-11H2,1H3,(H,19,25)(H,20,24)(H,21,26). The van der Waals surface area contributed by atoms with Crippen LogP contribution < -0.4 is 16.3 Å². The Labute approximate surface area is 161 Å². The van der Waals surface area contributed by atoms with Gasteiger partial charge in [0.2, 0.25) is 5.91 Å². The van der Waals surface area contributed by atoms with Gasteiger partial charge < -0.3 is 10.6 Å². The van der Waals surface area contributed by atoms with Gasteiger partial charge in [0.15, 0.2) is 5.16 Å². The predicted molar refractivity (Wildman–Crippen MR) is 104 cm³/mol. The first kappa shape index (κ1) is 19.2. The second kappa shape index (κ2) is 8.90. The Morgan fingerprint density at radius 1 is 1.33 bits per heavy atom. The number of rotatable bonds is 9. The van der Waals surface area contributed by atoms with Crippen molar-refractivity contribution >= 4 is 29.3 Å². The molecule has 9 heteroatoms. The van der Waals surface area contributed by atoms with Crippen molar-refractivity contribution in [2.24, 2.45) is 0 Å². The average Bonchev–Trinajstić information content (AvgIpc) is 3.40. The maximum Gasteiger partial charge on any atom is 0.343 e. The highest BCUT2D eigenvalue weighted by molar-refractivity contribution is 7.99. The zero-order chi connectivity index (χ0) is 19.2. The third-order valence-corrected chi connectivity index (χ3v) is 5.13. The molecule has 27 heavy (non-hydrogen) atoms. The van der Waals surface area contributed by atoms with Gasteiger partial charge in [-0.25, -0.2) is 9.89 Å². The predicted octanol–water partition coefficient (Wildman–Crippen LogP) is 1.99. The highest BCUT2D eigenvalue weighted by atomic mass is 32.2. The number of carbonyl (C=O) groups excluding carboxylic acids is 2. The van der Waals surface area contributed by atoms with E-state index >= 15 is 0 Å². The highest BCUT2D eigenvalue weighted by Crippen LogP contribution is 2.22. The molecular formula is C18H23N5O3S. The minimum absolute atomic E-state index is 0.0923. The molecule has 144 valence electrons. The fraction of sp³-hybridized carbons (Fsp3) is 0.444. The molecule has 1 aliphatic rings. The molecule has 0 saturated heterocycles. The molecule has 0 spiro atoms. The number of nitrogens with zero attached hydrogens (tertiary/aromatic N) is 2. The lowest BCUT2D eigenvalue weighted by atomic mass is 10.1. The molecule has 3 rings (SSSR count).